The highest BCUT2D eigenvalue weighted by molar-refractivity contribution is 5.94. The standard InChI is InChI=1S/C18H16F6N2O3/c1-11(14-6-3-7-15(26-14)29-10-18(22,23)24)25-16(27)12-4-2-5-13(8-12)28-9-17(19,20)21/h2-8,11H,9-10H2,1H3,(H,25,27). The molecule has 0 saturated carbocycles. The van der Waals surface area contributed by atoms with Crippen LogP contribution in [0.3, 0.4) is 0 Å². The summed E-state index contributed by atoms with van der Waals surface area (Å²) in [6.45, 7) is -1.46. The van der Waals surface area contributed by atoms with Crippen LogP contribution in [0.2, 0.25) is 0 Å². The number of benzene rings is 1. The monoisotopic (exact) mass is 422 g/mol. The van der Waals surface area contributed by atoms with Crippen LogP contribution in [-0.4, -0.2) is 36.5 Å². The van der Waals surface area contributed by atoms with Gasteiger partial charge in [0.1, 0.15) is 5.75 Å². The molecule has 2 aromatic rings. The molecule has 0 aliphatic carbocycles. The number of aromatic nitrogens is 1. The maximum absolute atomic E-state index is 12.3. The fourth-order valence-corrected chi connectivity index (χ4v) is 2.15. The minimum atomic E-state index is -4.52. The lowest BCUT2D eigenvalue weighted by Gasteiger charge is -2.15. The lowest BCUT2D eigenvalue weighted by atomic mass is 10.1. The van der Waals surface area contributed by atoms with E-state index < -0.39 is 37.5 Å². The fourth-order valence-electron chi connectivity index (χ4n) is 2.15. The Morgan fingerprint density at radius 2 is 1.62 bits per heavy atom. The van der Waals surface area contributed by atoms with Crippen molar-refractivity contribution in [1.29, 1.82) is 0 Å². The van der Waals surface area contributed by atoms with Gasteiger partial charge in [-0.3, -0.25) is 4.79 Å². The predicted octanol–water partition coefficient (Wildman–Crippen LogP) is 4.45. The Kier molecular flexibility index (Phi) is 6.93. The Labute approximate surface area is 161 Å². The minimum Gasteiger partial charge on any atom is -0.484 e. The zero-order chi connectivity index (χ0) is 21.7. The molecule has 158 valence electrons. The molecule has 29 heavy (non-hydrogen) atoms. The second kappa shape index (κ2) is 9.01. The van der Waals surface area contributed by atoms with Crippen LogP contribution in [0.5, 0.6) is 11.6 Å². The van der Waals surface area contributed by atoms with E-state index in [4.69, 9.17) is 0 Å². The Bertz CT molecular complexity index is 839. The second-order valence-electron chi connectivity index (χ2n) is 5.93. The van der Waals surface area contributed by atoms with E-state index in [-0.39, 0.29) is 22.9 Å². The van der Waals surface area contributed by atoms with E-state index in [2.05, 4.69) is 19.8 Å². The molecule has 1 aromatic heterocycles. The van der Waals surface area contributed by atoms with Crippen LogP contribution in [0.1, 0.15) is 29.0 Å². The number of rotatable bonds is 7. The van der Waals surface area contributed by atoms with E-state index in [0.717, 1.165) is 6.07 Å². The molecular weight excluding hydrogens is 406 g/mol. The normalized spacial score (nSPS) is 12.9. The van der Waals surface area contributed by atoms with Crippen molar-refractivity contribution in [2.24, 2.45) is 0 Å². The summed E-state index contributed by atoms with van der Waals surface area (Å²) in [5.74, 6) is -1.02. The molecule has 1 heterocycles. The average molecular weight is 422 g/mol. The van der Waals surface area contributed by atoms with Crippen LogP contribution < -0.4 is 14.8 Å². The minimum absolute atomic E-state index is 0.0426. The molecule has 5 nitrogen and oxygen atoms in total. The van der Waals surface area contributed by atoms with Crippen molar-refractivity contribution in [2.45, 2.75) is 25.3 Å². The summed E-state index contributed by atoms with van der Waals surface area (Å²) in [5.41, 5.74) is 0.281. The van der Waals surface area contributed by atoms with Crippen molar-refractivity contribution in [2.75, 3.05) is 13.2 Å². The first kappa shape index (κ1) is 22.3. The van der Waals surface area contributed by atoms with Gasteiger partial charge in [0.2, 0.25) is 5.88 Å². The molecule has 1 aromatic carbocycles. The predicted molar refractivity (Wildman–Crippen MR) is 89.7 cm³/mol. The highest BCUT2D eigenvalue weighted by atomic mass is 19.4. The lowest BCUT2D eigenvalue weighted by molar-refractivity contribution is -0.154. The van der Waals surface area contributed by atoms with Gasteiger partial charge in [0.25, 0.3) is 5.91 Å². The third kappa shape index (κ3) is 7.88. The SMILES string of the molecule is CC(NC(=O)c1cccc(OCC(F)(F)F)c1)c1cccc(OCC(F)(F)F)n1. The van der Waals surface area contributed by atoms with Crippen LogP contribution >= 0.6 is 0 Å². The molecular formula is C18H16F6N2O3. The fraction of sp³-hybridized carbons (Fsp3) is 0.333. The van der Waals surface area contributed by atoms with E-state index >= 15 is 0 Å². The maximum atomic E-state index is 12.3. The van der Waals surface area contributed by atoms with Crippen molar-refractivity contribution in [1.82, 2.24) is 10.3 Å². The number of halogens is 6. The van der Waals surface area contributed by atoms with Crippen molar-refractivity contribution in [3.8, 4) is 11.6 Å². The third-order valence-electron chi connectivity index (χ3n) is 3.42. The van der Waals surface area contributed by atoms with Gasteiger partial charge < -0.3 is 14.8 Å². The zero-order valence-corrected chi connectivity index (χ0v) is 15.0. The summed E-state index contributed by atoms with van der Waals surface area (Å²) >= 11 is 0. The number of hydrogen-bond donors (Lipinski definition) is 1. The topological polar surface area (TPSA) is 60.5 Å². The molecule has 0 saturated heterocycles. The molecule has 1 N–H and O–H groups in total. The van der Waals surface area contributed by atoms with Gasteiger partial charge in [-0.1, -0.05) is 12.1 Å². The summed E-state index contributed by atoms with van der Waals surface area (Å²) < 4.78 is 82.5. The number of carbonyl (C=O) groups is 1. The second-order valence-corrected chi connectivity index (χ2v) is 5.93. The molecule has 0 fully saturated rings. The summed E-state index contributed by atoms with van der Waals surface area (Å²) in [6, 6.07) is 8.58. The molecule has 1 amide bonds. The quantitative estimate of drug-likeness (QED) is 0.670. The Hall–Kier alpha value is -2.98. The maximum Gasteiger partial charge on any atom is 0.422 e. The third-order valence-corrected chi connectivity index (χ3v) is 3.42. The van der Waals surface area contributed by atoms with Gasteiger partial charge in [-0.05, 0) is 31.2 Å². The Balaban J connectivity index is 2.02. The highest BCUT2D eigenvalue weighted by Crippen LogP contribution is 2.21. The number of nitrogens with zero attached hydrogens (tertiary/aromatic N) is 1. The number of pyridine rings is 1. The van der Waals surface area contributed by atoms with Crippen LogP contribution in [0.4, 0.5) is 26.3 Å². The Morgan fingerprint density at radius 1 is 1.00 bits per heavy atom. The van der Waals surface area contributed by atoms with Crippen molar-refractivity contribution >= 4 is 5.91 Å². The van der Waals surface area contributed by atoms with Crippen molar-refractivity contribution in [3.63, 3.8) is 0 Å². The van der Waals surface area contributed by atoms with Crippen LogP contribution in [0.15, 0.2) is 42.5 Å². The van der Waals surface area contributed by atoms with Crippen molar-refractivity contribution in [3.05, 3.63) is 53.7 Å². The van der Waals surface area contributed by atoms with Gasteiger partial charge in [-0.2, -0.15) is 26.3 Å². The molecule has 0 aliphatic heterocycles. The molecule has 1 atom stereocenters. The van der Waals surface area contributed by atoms with E-state index in [0.29, 0.717) is 0 Å². The van der Waals surface area contributed by atoms with Gasteiger partial charge in [-0.15, -0.1) is 0 Å². The summed E-state index contributed by atoms with van der Waals surface area (Å²) in [7, 11) is 0. The molecule has 2 rings (SSSR count). The summed E-state index contributed by atoms with van der Waals surface area (Å²) in [6.07, 6.45) is -9.03. The largest absolute Gasteiger partial charge is 0.484 e. The van der Waals surface area contributed by atoms with E-state index in [1.54, 1.807) is 0 Å². The summed E-state index contributed by atoms with van der Waals surface area (Å²) in [4.78, 5) is 16.2. The van der Waals surface area contributed by atoms with Gasteiger partial charge in [0.15, 0.2) is 13.2 Å². The van der Waals surface area contributed by atoms with E-state index in [1.165, 1.54) is 43.3 Å². The number of amides is 1. The van der Waals surface area contributed by atoms with Gasteiger partial charge >= 0.3 is 12.4 Å². The molecule has 1 unspecified atom stereocenters. The summed E-state index contributed by atoms with van der Waals surface area (Å²) in [5, 5.41) is 2.55. The number of hydrogen-bond acceptors (Lipinski definition) is 4. The number of alkyl halides is 6. The van der Waals surface area contributed by atoms with Crippen LogP contribution in [0.25, 0.3) is 0 Å². The number of carbonyl (C=O) groups excluding carboxylic acids is 1. The Morgan fingerprint density at radius 3 is 2.28 bits per heavy atom. The van der Waals surface area contributed by atoms with Crippen LogP contribution in [-0.2, 0) is 0 Å². The van der Waals surface area contributed by atoms with Gasteiger partial charge in [-0.25, -0.2) is 4.98 Å². The van der Waals surface area contributed by atoms with Crippen molar-refractivity contribution < 1.29 is 40.6 Å². The molecule has 0 bridgehead atoms. The van der Waals surface area contributed by atoms with Crippen LogP contribution in [0, 0.1) is 0 Å². The molecule has 0 spiro atoms. The van der Waals surface area contributed by atoms with Gasteiger partial charge in [0, 0.05) is 11.6 Å². The number of ether oxygens (including phenoxy) is 2. The molecule has 0 aliphatic rings. The first-order valence-corrected chi connectivity index (χ1v) is 8.20. The zero-order valence-electron chi connectivity index (χ0n) is 15.0. The highest BCUT2D eigenvalue weighted by Gasteiger charge is 2.29. The first-order valence-electron chi connectivity index (χ1n) is 8.20. The smallest absolute Gasteiger partial charge is 0.422 e. The molecule has 11 heteroatoms. The number of nitrogens with one attached hydrogen (secondary N) is 1. The molecule has 0 radical (unpaired) electrons. The average Bonchev–Trinajstić information content (AvgIpc) is 2.64. The van der Waals surface area contributed by atoms with E-state index in [9.17, 15) is 31.1 Å². The van der Waals surface area contributed by atoms with E-state index in [1.807, 2.05) is 0 Å². The first-order chi connectivity index (χ1) is 13.4. The van der Waals surface area contributed by atoms with Gasteiger partial charge in [0.05, 0.1) is 11.7 Å². The lowest BCUT2D eigenvalue weighted by Crippen LogP contribution is -2.27.